The van der Waals surface area contributed by atoms with Gasteiger partial charge >= 0.3 is 5.97 Å². The van der Waals surface area contributed by atoms with Crippen molar-refractivity contribution < 1.29 is 9.90 Å². The number of fused-ring (bicyclic) bond motifs is 1. The zero-order valence-corrected chi connectivity index (χ0v) is 11.3. The van der Waals surface area contributed by atoms with Crippen molar-refractivity contribution in [1.82, 2.24) is 4.98 Å². The maximum absolute atomic E-state index is 11.3. The van der Waals surface area contributed by atoms with Crippen molar-refractivity contribution in [3.05, 3.63) is 36.0 Å². The van der Waals surface area contributed by atoms with Crippen LogP contribution in [0.5, 0.6) is 0 Å². The van der Waals surface area contributed by atoms with Crippen LogP contribution in [-0.4, -0.2) is 22.1 Å². The van der Waals surface area contributed by atoms with E-state index < -0.39 is 12.0 Å². The van der Waals surface area contributed by atoms with Gasteiger partial charge in [-0.15, -0.1) is 0 Å². The van der Waals surface area contributed by atoms with E-state index >= 15 is 0 Å². The van der Waals surface area contributed by atoms with E-state index in [2.05, 4.69) is 18.8 Å². The highest BCUT2D eigenvalue weighted by atomic mass is 16.4. The van der Waals surface area contributed by atoms with Crippen molar-refractivity contribution >= 4 is 16.9 Å². The largest absolute Gasteiger partial charge is 0.480 e. The van der Waals surface area contributed by atoms with Crippen LogP contribution in [0.2, 0.25) is 0 Å². The van der Waals surface area contributed by atoms with Gasteiger partial charge in [-0.05, 0) is 17.5 Å². The Morgan fingerprint density at radius 1 is 1.42 bits per heavy atom. The first-order chi connectivity index (χ1) is 9.06. The minimum absolute atomic E-state index is 0.182. The molecular formula is C15H20N2O2. The normalized spacial score (nSPS) is 16.2. The lowest BCUT2D eigenvalue weighted by atomic mass is 9.80. The van der Waals surface area contributed by atoms with Gasteiger partial charge in [-0.25, -0.2) is 0 Å². The van der Waals surface area contributed by atoms with E-state index in [1.54, 1.807) is 0 Å². The van der Waals surface area contributed by atoms with E-state index in [9.17, 15) is 9.90 Å². The van der Waals surface area contributed by atoms with Gasteiger partial charge in [0.05, 0.1) is 0 Å². The van der Waals surface area contributed by atoms with Crippen molar-refractivity contribution in [3.8, 4) is 0 Å². The number of aromatic nitrogens is 1. The predicted molar refractivity (Wildman–Crippen MR) is 76.1 cm³/mol. The molecule has 0 aliphatic heterocycles. The number of nitrogens with two attached hydrogens (primary N) is 1. The summed E-state index contributed by atoms with van der Waals surface area (Å²) in [5.41, 5.74) is 7.92. The number of benzene rings is 1. The van der Waals surface area contributed by atoms with Crippen LogP contribution in [0.4, 0.5) is 0 Å². The zero-order chi connectivity index (χ0) is 14.0. The van der Waals surface area contributed by atoms with Crippen molar-refractivity contribution in [1.29, 1.82) is 0 Å². The van der Waals surface area contributed by atoms with E-state index in [1.165, 1.54) is 0 Å². The standard InChI is InChI=1S/C15H20N2O2/c1-3-9(2)13(14(16)15(18)19)11-8-17-12-7-5-4-6-10(11)12/h4-9,13-14,17H,3,16H2,1-2H3,(H,18,19)/t9?,13-,14-/m1/s1. The Kier molecular flexibility index (Phi) is 3.90. The average molecular weight is 260 g/mol. The molecule has 4 heteroatoms. The number of H-pyrrole nitrogens is 1. The Morgan fingerprint density at radius 2 is 2.11 bits per heavy atom. The Morgan fingerprint density at radius 3 is 2.74 bits per heavy atom. The molecule has 19 heavy (non-hydrogen) atoms. The molecule has 0 aliphatic rings. The number of hydrogen-bond donors (Lipinski definition) is 3. The van der Waals surface area contributed by atoms with Crippen LogP contribution in [0.15, 0.2) is 30.5 Å². The molecule has 3 atom stereocenters. The predicted octanol–water partition coefficient (Wildman–Crippen LogP) is 2.71. The number of nitrogens with one attached hydrogen (secondary N) is 1. The highest BCUT2D eigenvalue weighted by Gasteiger charge is 2.31. The first kappa shape index (κ1) is 13.6. The molecule has 4 nitrogen and oxygen atoms in total. The third-order valence-corrected chi connectivity index (χ3v) is 3.91. The molecule has 0 fully saturated rings. The number of carbonyl (C=O) groups is 1. The second kappa shape index (κ2) is 5.45. The summed E-state index contributed by atoms with van der Waals surface area (Å²) >= 11 is 0. The van der Waals surface area contributed by atoms with E-state index in [4.69, 9.17) is 5.73 Å². The maximum Gasteiger partial charge on any atom is 0.321 e. The molecule has 0 bridgehead atoms. The van der Waals surface area contributed by atoms with Gasteiger partial charge in [-0.2, -0.15) is 0 Å². The summed E-state index contributed by atoms with van der Waals surface area (Å²) < 4.78 is 0. The lowest BCUT2D eigenvalue weighted by Crippen LogP contribution is -2.39. The van der Waals surface area contributed by atoms with Crippen LogP contribution < -0.4 is 5.73 Å². The highest BCUT2D eigenvalue weighted by Crippen LogP contribution is 2.34. The monoisotopic (exact) mass is 260 g/mol. The number of hydrogen-bond acceptors (Lipinski definition) is 2. The Labute approximate surface area is 112 Å². The Bertz CT molecular complexity index is 576. The van der Waals surface area contributed by atoms with Gasteiger partial charge in [0.2, 0.25) is 0 Å². The number of aromatic amines is 1. The smallest absolute Gasteiger partial charge is 0.321 e. The summed E-state index contributed by atoms with van der Waals surface area (Å²) in [5, 5.41) is 10.3. The number of rotatable bonds is 5. The fourth-order valence-corrected chi connectivity index (χ4v) is 2.63. The maximum atomic E-state index is 11.3. The minimum Gasteiger partial charge on any atom is -0.480 e. The number of aliphatic carboxylic acids is 1. The zero-order valence-electron chi connectivity index (χ0n) is 11.3. The van der Waals surface area contributed by atoms with Crippen molar-refractivity contribution in [3.63, 3.8) is 0 Å². The van der Waals surface area contributed by atoms with Crippen LogP contribution in [-0.2, 0) is 4.79 Å². The van der Waals surface area contributed by atoms with E-state index in [1.807, 2.05) is 30.5 Å². The van der Waals surface area contributed by atoms with E-state index in [0.717, 1.165) is 22.9 Å². The third kappa shape index (κ3) is 2.49. The second-order valence-electron chi connectivity index (χ2n) is 5.06. The molecule has 0 aliphatic carbocycles. The van der Waals surface area contributed by atoms with Gasteiger partial charge in [-0.3, -0.25) is 4.79 Å². The van der Waals surface area contributed by atoms with E-state index in [0.29, 0.717) is 0 Å². The summed E-state index contributed by atoms with van der Waals surface area (Å²) in [5.74, 6) is -0.917. The summed E-state index contributed by atoms with van der Waals surface area (Å²) in [6.45, 7) is 4.11. The molecule has 0 radical (unpaired) electrons. The molecule has 0 amide bonds. The van der Waals surface area contributed by atoms with Gasteiger partial charge in [0.25, 0.3) is 0 Å². The summed E-state index contributed by atoms with van der Waals surface area (Å²) in [6, 6.07) is 7.02. The molecule has 1 unspecified atom stereocenters. The Hall–Kier alpha value is -1.81. The average Bonchev–Trinajstić information content (AvgIpc) is 2.82. The minimum atomic E-state index is -0.949. The fraction of sp³-hybridized carbons (Fsp3) is 0.400. The molecule has 1 heterocycles. The summed E-state index contributed by atoms with van der Waals surface area (Å²) in [6.07, 6.45) is 2.79. The molecule has 1 aromatic carbocycles. The first-order valence-corrected chi connectivity index (χ1v) is 6.60. The van der Waals surface area contributed by atoms with Crippen molar-refractivity contribution in [2.75, 3.05) is 0 Å². The van der Waals surface area contributed by atoms with Gasteiger partial charge in [0.1, 0.15) is 6.04 Å². The van der Waals surface area contributed by atoms with Crippen LogP contribution in [0.25, 0.3) is 10.9 Å². The SMILES string of the molecule is CCC(C)[C@H](c1c[nH]c2ccccc12)[C@@H](N)C(=O)O. The second-order valence-corrected chi connectivity index (χ2v) is 5.06. The van der Waals surface area contributed by atoms with Gasteiger partial charge in [0, 0.05) is 23.0 Å². The number of carboxylic acid groups (broad SMARTS) is 1. The molecule has 0 spiro atoms. The molecule has 0 saturated carbocycles. The van der Waals surface area contributed by atoms with Gasteiger partial charge in [0.15, 0.2) is 0 Å². The van der Waals surface area contributed by atoms with Gasteiger partial charge < -0.3 is 15.8 Å². The number of carboxylic acids is 1. The molecule has 102 valence electrons. The highest BCUT2D eigenvalue weighted by molar-refractivity contribution is 5.85. The molecule has 0 saturated heterocycles. The van der Waals surface area contributed by atoms with Crippen molar-refractivity contribution in [2.45, 2.75) is 32.2 Å². The third-order valence-electron chi connectivity index (χ3n) is 3.91. The first-order valence-electron chi connectivity index (χ1n) is 6.60. The molecule has 1 aromatic heterocycles. The van der Waals surface area contributed by atoms with Crippen LogP contribution >= 0.6 is 0 Å². The molecule has 4 N–H and O–H groups in total. The van der Waals surface area contributed by atoms with Gasteiger partial charge in [-0.1, -0.05) is 38.5 Å². The quantitative estimate of drug-likeness (QED) is 0.773. The topological polar surface area (TPSA) is 79.1 Å². The summed E-state index contributed by atoms with van der Waals surface area (Å²) in [7, 11) is 0. The number of para-hydroxylation sites is 1. The molecule has 2 rings (SSSR count). The molecule has 2 aromatic rings. The lowest BCUT2D eigenvalue weighted by molar-refractivity contribution is -0.139. The van der Waals surface area contributed by atoms with E-state index in [-0.39, 0.29) is 11.8 Å². The van der Waals surface area contributed by atoms with Crippen molar-refractivity contribution in [2.24, 2.45) is 11.7 Å². The molecular weight excluding hydrogens is 240 g/mol. The van der Waals surface area contributed by atoms with Crippen LogP contribution in [0.3, 0.4) is 0 Å². The van der Waals surface area contributed by atoms with Crippen LogP contribution in [0.1, 0.15) is 31.7 Å². The fourth-order valence-electron chi connectivity index (χ4n) is 2.63. The lowest BCUT2D eigenvalue weighted by Gasteiger charge is -2.26. The van der Waals surface area contributed by atoms with Crippen LogP contribution in [0, 0.1) is 5.92 Å². The summed E-state index contributed by atoms with van der Waals surface area (Å²) in [4.78, 5) is 14.5. The Balaban J connectivity index is 2.51.